The fourth-order valence-electron chi connectivity index (χ4n) is 2.35. The van der Waals surface area contributed by atoms with Gasteiger partial charge in [-0.1, -0.05) is 12.1 Å². The van der Waals surface area contributed by atoms with Crippen LogP contribution in [0.4, 0.5) is 0 Å². The molecule has 1 aromatic heterocycles. The fourth-order valence-corrected chi connectivity index (χ4v) is 2.35. The number of rotatable bonds is 5. The number of hydrogen-bond acceptors (Lipinski definition) is 3. The lowest BCUT2D eigenvalue weighted by atomic mass is 9.96. The Labute approximate surface area is 121 Å². The molecule has 0 aliphatic carbocycles. The van der Waals surface area contributed by atoms with Crippen molar-refractivity contribution < 1.29 is 4.74 Å². The second-order valence-corrected chi connectivity index (χ2v) is 5.19. The van der Waals surface area contributed by atoms with Gasteiger partial charge in [-0.05, 0) is 62.7 Å². The van der Waals surface area contributed by atoms with Crippen LogP contribution in [-0.4, -0.2) is 18.1 Å². The largest absolute Gasteiger partial charge is 0.491 e. The van der Waals surface area contributed by atoms with Crippen LogP contribution in [0.3, 0.4) is 0 Å². The first-order valence-electron chi connectivity index (χ1n) is 6.96. The van der Waals surface area contributed by atoms with Crippen molar-refractivity contribution in [2.45, 2.75) is 32.9 Å². The van der Waals surface area contributed by atoms with Gasteiger partial charge >= 0.3 is 0 Å². The average molecular weight is 270 g/mol. The average Bonchev–Trinajstić information content (AvgIpc) is 2.41. The topological polar surface area (TPSA) is 34.1 Å². The van der Waals surface area contributed by atoms with Gasteiger partial charge in [-0.2, -0.15) is 0 Å². The van der Waals surface area contributed by atoms with E-state index in [0.29, 0.717) is 0 Å². The number of hydrogen-bond donors (Lipinski definition) is 1. The first-order valence-corrected chi connectivity index (χ1v) is 6.96. The molecule has 0 bridgehead atoms. The Hall–Kier alpha value is -1.87. The Kier molecular flexibility index (Phi) is 4.74. The van der Waals surface area contributed by atoms with Gasteiger partial charge in [0.15, 0.2) is 0 Å². The van der Waals surface area contributed by atoms with Crippen molar-refractivity contribution in [2.24, 2.45) is 0 Å². The molecule has 1 N–H and O–H groups in total. The molecule has 1 atom stereocenters. The summed E-state index contributed by atoms with van der Waals surface area (Å²) in [5.41, 5.74) is 3.62. The molecule has 2 aromatic rings. The summed E-state index contributed by atoms with van der Waals surface area (Å²) in [6.07, 6.45) is 3.91. The molecule has 0 aliphatic heterocycles. The maximum absolute atomic E-state index is 5.78. The highest BCUT2D eigenvalue weighted by Gasteiger charge is 2.14. The lowest BCUT2D eigenvalue weighted by Crippen LogP contribution is -2.19. The van der Waals surface area contributed by atoms with Crippen LogP contribution < -0.4 is 10.1 Å². The molecule has 0 saturated heterocycles. The van der Waals surface area contributed by atoms with E-state index in [-0.39, 0.29) is 12.1 Å². The standard InChI is InChI=1S/C17H22N2O/c1-12(2)20-15-7-5-6-14(10-15)17(18-4)16-8-9-19-11-13(16)3/h5-12,17-18H,1-4H3. The van der Waals surface area contributed by atoms with Crippen LogP contribution in [0.2, 0.25) is 0 Å². The van der Waals surface area contributed by atoms with Gasteiger partial charge in [0.2, 0.25) is 0 Å². The van der Waals surface area contributed by atoms with Crippen molar-refractivity contribution in [3.8, 4) is 5.75 Å². The third kappa shape index (κ3) is 3.36. The highest BCUT2D eigenvalue weighted by atomic mass is 16.5. The smallest absolute Gasteiger partial charge is 0.120 e. The Morgan fingerprint density at radius 1 is 1.20 bits per heavy atom. The minimum atomic E-state index is 0.147. The van der Waals surface area contributed by atoms with Crippen molar-refractivity contribution in [3.63, 3.8) is 0 Å². The molecule has 1 aromatic carbocycles. The van der Waals surface area contributed by atoms with Crippen LogP contribution in [-0.2, 0) is 0 Å². The molecule has 1 heterocycles. The van der Waals surface area contributed by atoms with E-state index in [0.717, 1.165) is 5.75 Å². The Morgan fingerprint density at radius 2 is 2.00 bits per heavy atom. The summed E-state index contributed by atoms with van der Waals surface area (Å²) in [7, 11) is 1.97. The number of aryl methyl sites for hydroxylation is 1. The van der Waals surface area contributed by atoms with Gasteiger partial charge in [0.1, 0.15) is 5.75 Å². The Morgan fingerprint density at radius 3 is 2.65 bits per heavy atom. The SMILES string of the molecule is CNC(c1cccc(OC(C)C)c1)c1ccncc1C. The monoisotopic (exact) mass is 270 g/mol. The molecule has 3 heteroatoms. The maximum atomic E-state index is 5.78. The lowest BCUT2D eigenvalue weighted by Gasteiger charge is -2.20. The molecule has 0 amide bonds. The van der Waals surface area contributed by atoms with E-state index in [1.165, 1.54) is 16.7 Å². The molecule has 106 valence electrons. The summed E-state index contributed by atoms with van der Waals surface area (Å²) in [5.74, 6) is 0.907. The molecule has 20 heavy (non-hydrogen) atoms. The summed E-state index contributed by atoms with van der Waals surface area (Å²) in [5, 5.41) is 3.37. The molecular weight excluding hydrogens is 248 g/mol. The predicted molar refractivity (Wildman–Crippen MR) is 82.1 cm³/mol. The lowest BCUT2D eigenvalue weighted by molar-refractivity contribution is 0.242. The van der Waals surface area contributed by atoms with Crippen molar-refractivity contribution >= 4 is 0 Å². The molecular formula is C17H22N2O. The molecule has 0 spiro atoms. The number of ether oxygens (including phenoxy) is 1. The van der Waals surface area contributed by atoms with E-state index in [9.17, 15) is 0 Å². The number of nitrogens with zero attached hydrogens (tertiary/aromatic N) is 1. The Balaban J connectivity index is 2.35. The van der Waals surface area contributed by atoms with Gasteiger partial charge in [-0.15, -0.1) is 0 Å². The van der Waals surface area contributed by atoms with Gasteiger partial charge in [-0.3, -0.25) is 4.98 Å². The van der Waals surface area contributed by atoms with E-state index in [1.54, 1.807) is 0 Å². The second-order valence-electron chi connectivity index (χ2n) is 5.19. The maximum Gasteiger partial charge on any atom is 0.120 e. The van der Waals surface area contributed by atoms with Crippen LogP contribution in [0.1, 0.15) is 36.6 Å². The van der Waals surface area contributed by atoms with Crippen molar-refractivity contribution in [1.82, 2.24) is 10.3 Å². The number of nitrogens with one attached hydrogen (secondary N) is 1. The van der Waals surface area contributed by atoms with E-state index in [2.05, 4.69) is 35.4 Å². The van der Waals surface area contributed by atoms with Gasteiger partial charge in [0.25, 0.3) is 0 Å². The first kappa shape index (κ1) is 14.5. The van der Waals surface area contributed by atoms with E-state index in [1.807, 2.05) is 45.4 Å². The quantitative estimate of drug-likeness (QED) is 0.903. The molecule has 0 fully saturated rings. The summed E-state index contributed by atoms with van der Waals surface area (Å²) in [4.78, 5) is 4.16. The summed E-state index contributed by atoms with van der Waals surface area (Å²) < 4.78 is 5.78. The third-order valence-electron chi connectivity index (χ3n) is 3.23. The van der Waals surface area contributed by atoms with Crippen LogP contribution in [0, 0.1) is 6.92 Å². The summed E-state index contributed by atoms with van der Waals surface area (Å²) in [6.45, 7) is 6.16. The third-order valence-corrected chi connectivity index (χ3v) is 3.23. The normalized spacial score (nSPS) is 12.4. The van der Waals surface area contributed by atoms with Crippen molar-refractivity contribution in [1.29, 1.82) is 0 Å². The number of benzene rings is 1. The minimum Gasteiger partial charge on any atom is -0.491 e. The Bertz CT molecular complexity index is 566. The minimum absolute atomic E-state index is 0.147. The van der Waals surface area contributed by atoms with Crippen molar-refractivity contribution in [2.75, 3.05) is 7.05 Å². The van der Waals surface area contributed by atoms with Gasteiger partial charge in [0.05, 0.1) is 12.1 Å². The van der Waals surface area contributed by atoms with Gasteiger partial charge in [-0.25, -0.2) is 0 Å². The first-order chi connectivity index (χ1) is 9.61. The second kappa shape index (κ2) is 6.53. The number of pyridine rings is 1. The van der Waals surface area contributed by atoms with E-state index >= 15 is 0 Å². The predicted octanol–water partition coefficient (Wildman–Crippen LogP) is 3.49. The van der Waals surface area contributed by atoms with Crippen molar-refractivity contribution in [3.05, 3.63) is 59.4 Å². The zero-order chi connectivity index (χ0) is 14.5. The van der Waals surface area contributed by atoms with Gasteiger partial charge in [0, 0.05) is 12.4 Å². The van der Waals surface area contributed by atoms with Crippen LogP contribution in [0.15, 0.2) is 42.7 Å². The van der Waals surface area contributed by atoms with Crippen LogP contribution in [0.5, 0.6) is 5.75 Å². The zero-order valence-corrected chi connectivity index (χ0v) is 12.6. The fraction of sp³-hybridized carbons (Fsp3) is 0.353. The molecule has 3 nitrogen and oxygen atoms in total. The molecule has 2 rings (SSSR count). The highest BCUT2D eigenvalue weighted by molar-refractivity contribution is 5.38. The zero-order valence-electron chi connectivity index (χ0n) is 12.6. The molecule has 0 radical (unpaired) electrons. The van der Waals surface area contributed by atoms with E-state index < -0.39 is 0 Å². The van der Waals surface area contributed by atoms with Crippen LogP contribution >= 0.6 is 0 Å². The molecule has 0 saturated carbocycles. The number of aromatic nitrogens is 1. The van der Waals surface area contributed by atoms with Crippen LogP contribution in [0.25, 0.3) is 0 Å². The molecule has 0 aliphatic rings. The van der Waals surface area contributed by atoms with Gasteiger partial charge < -0.3 is 10.1 Å². The van der Waals surface area contributed by atoms with E-state index in [4.69, 9.17) is 4.74 Å². The molecule has 1 unspecified atom stereocenters. The summed E-state index contributed by atoms with van der Waals surface area (Å²) in [6, 6.07) is 10.5. The summed E-state index contributed by atoms with van der Waals surface area (Å²) >= 11 is 0. The highest BCUT2D eigenvalue weighted by Crippen LogP contribution is 2.26.